The SMILES string of the molecule is CC(C)(C)OC(=O)N1C2CCCC1CC(C(=O)CC1OCCO1)C2. The fourth-order valence-corrected chi connectivity index (χ4v) is 4.11. The Balaban J connectivity index is 1.62. The molecule has 2 bridgehead atoms. The minimum atomic E-state index is -0.491. The Labute approximate surface area is 143 Å². The summed E-state index contributed by atoms with van der Waals surface area (Å²) in [5.41, 5.74) is -0.491. The third-order valence-electron chi connectivity index (χ3n) is 5.09. The molecule has 0 N–H and O–H groups in total. The number of piperidine rings is 2. The minimum absolute atomic E-state index is 0.00628. The van der Waals surface area contributed by atoms with Crippen LogP contribution < -0.4 is 0 Å². The van der Waals surface area contributed by atoms with Gasteiger partial charge in [-0.2, -0.15) is 0 Å². The van der Waals surface area contributed by atoms with Gasteiger partial charge in [0.25, 0.3) is 0 Å². The number of nitrogens with zero attached hydrogens (tertiary/aromatic N) is 1. The summed E-state index contributed by atoms with van der Waals surface area (Å²) in [7, 11) is 0. The summed E-state index contributed by atoms with van der Waals surface area (Å²) in [6, 6.07) is 0.235. The highest BCUT2D eigenvalue weighted by Crippen LogP contribution is 2.39. The van der Waals surface area contributed by atoms with Crippen molar-refractivity contribution >= 4 is 11.9 Å². The van der Waals surface area contributed by atoms with Crippen LogP contribution in [0.3, 0.4) is 0 Å². The van der Waals surface area contributed by atoms with E-state index in [1.54, 1.807) is 0 Å². The summed E-state index contributed by atoms with van der Waals surface area (Å²) in [6.07, 6.45) is 4.22. The summed E-state index contributed by atoms with van der Waals surface area (Å²) in [5.74, 6) is 0.217. The smallest absolute Gasteiger partial charge is 0.410 e. The third kappa shape index (κ3) is 4.09. The van der Waals surface area contributed by atoms with E-state index in [4.69, 9.17) is 14.2 Å². The highest BCUT2D eigenvalue weighted by molar-refractivity contribution is 5.82. The Morgan fingerprint density at radius 3 is 2.21 bits per heavy atom. The monoisotopic (exact) mass is 339 g/mol. The normalized spacial score (nSPS) is 31.1. The van der Waals surface area contributed by atoms with E-state index in [-0.39, 0.29) is 36.2 Å². The number of fused-ring (bicyclic) bond motifs is 2. The molecule has 6 heteroatoms. The second kappa shape index (κ2) is 7.00. The lowest BCUT2D eigenvalue weighted by Gasteiger charge is -2.48. The molecule has 2 unspecified atom stereocenters. The van der Waals surface area contributed by atoms with Crippen LogP contribution in [0.4, 0.5) is 4.79 Å². The molecule has 3 heterocycles. The Morgan fingerprint density at radius 1 is 1.08 bits per heavy atom. The summed E-state index contributed by atoms with van der Waals surface area (Å²) >= 11 is 0. The van der Waals surface area contributed by atoms with Crippen molar-refractivity contribution in [3.8, 4) is 0 Å². The number of carbonyl (C=O) groups is 2. The number of rotatable bonds is 3. The van der Waals surface area contributed by atoms with Crippen molar-refractivity contribution in [3.63, 3.8) is 0 Å². The molecule has 1 amide bonds. The highest BCUT2D eigenvalue weighted by Gasteiger charge is 2.44. The largest absolute Gasteiger partial charge is 0.444 e. The maximum absolute atomic E-state index is 12.6. The molecule has 2 atom stereocenters. The van der Waals surface area contributed by atoms with Crippen LogP contribution >= 0.6 is 0 Å². The molecule has 3 aliphatic rings. The average Bonchev–Trinajstić information content (AvgIpc) is 2.96. The maximum atomic E-state index is 12.6. The van der Waals surface area contributed by atoms with E-state index in [2.05, 4.69) is 0 Å². The first-order valence-electron chi connectivity index (χ1n) is 9.11. The van der Waals surface area contributed by atoms with Crippen LogP contribution in [0.1, 0.15) is 59.3 Å². The van der Waals surface area contributed by atoms with Crippen LogP contribution in [0, 0.1) is 5.92 Å². The van der Waals surface area contributed by atoms with Gasteiger partial charge in [-0.15, -0.1) is 0 Å². The van der Waals surface area contributed by atoms with Crippen LogP contribution in [0.15, 0.2) is 0 Å². The lowest BCUT2D eigenvalue weighted by Crippen LogP contribution is -2.56. The fraction of sp³-hybridized carbons (Fsp3) is 0.889. The van der Waals surface area contributed by atoms with Crippen LogP contribution in [-0.2, 0) is 19.0 Å². The molecular weight excluding hydrogens is 310 g/mol. The topological polar surface area (TPSA) is 65.1 Å². The van der Waals surface area contributed by atoms with Crippen LogP contribution in [-0.4, -0.2) is 54.0 Å². The van der Waals surface area contributed by atoms with Gasteiger partial charge >= 0.3 is 6.09 Å². The number of hydrogen-bond donors (Lipinski definition) is 0. The molecule has 6 nitrogen and oxygen atoms in total. The van der Waals surface area contributed by atoms with Gasteiger partial charge in [0.1, 0.15) is 11.4 Å². The Morgan fingerprint density at radius 2 is 1.67 bits per heavy atom. The van der Waals surface area contributed by atoms with Gasteiger partial charge in [0.05, 0.1) is 19.6 Å². The van der Waals surface area contributed by atoms with Gasteiger partial charge in [0.15, 0.2) is 6.29 Å². The standard InChI is InChI=1S/C18H29NO5/c1-18(2,3)24-17(21)19-13-5-4-6-14(19)10-12(9-13)15(20)11-16-22-7-8-23-16/h12-14,16H,4-11H2,1-3H3. The van der Waals surface area contributed by atoms with Gasteiger partial charge in [-0.05, 0) is 52.9 Å². The molecule has 0 spiro atoms. The summed E-state index contributed by atoms with van der Waals surface area (Å²) < 4.78 is 16.4. The number of ether oxygens (including phenoxy) is 3. The van der Waals surface area contributed by atoms with E-state index < -0.39 is 5.60 Å². The predicted octanol–water partition coefficient (Wildman–Crippen LogP) is 2.89. The van der Waals surface area contributed by atoms with E-state index in [1.165, 1.54) is 0 Å². The van der Waals surface area contributed by atoms with Crippen molar-refractivity contribution in [3.05, 3.63) is 0 Å². The van der Waals surface area contributed by atoms with Gasteiger partial charge in [-0.1, -0.05) is 0 Å². The zero-order valence-corrected chi connectivity index (χ0v) is 15.0. The average molecular weight is 339 g/mol. The molecule has 3 saturated heterocycles. The van der Waals surface area contributed by atoms with E-state index in [1.807, 2.05) is 25.7 Å². The van der Waals surface area contributed by atoms with Gasteiger partial charge in [-0.3, -0.25) is 4.79 Å². The number of Topliss-reactive ketones (excluding diaryl/α,β-unsaturated/α-hetero) is 1. The van der Waals surface area contributed by atoms with Crippen molar-refractivity contribution in [1.82, 2.24) is 4.90 Å². The maximum Gasteiger partial charge on any atom is 0.410 e. The lowest BCUT2D eigenvalue weighted by atomic mass is 9.76. The van der Waals surface area contributed by atoms with E-state index in [0.29, 0.717) is 19.6 Å². The molecule has 3 aliphatic heterocycles. The quantitative estimate of drug-likeness (QED) is 0.791. The molecule has 0 saturated carbocycles. The van der Waals surface area contributed by atoms with Gasteiger partial charge in [0.2, 0.25) is 0 Å². The third-order valence-corrected chi connectivity index (χ3v) is 5.09. The number of carbonyl (C=O) groups excluding carboxylic acids is 2. The molecule has 0 aliphatic carbocycles. The summed E-state index contributed by atoms with van der Waals surface area (Å²) in [6.45, 7) is 6.80. The predicted molar refractivity (Wildman–Crippen MR) is 87.5 cm³/mol. The minimum Gasteiger partial charge on any atom is -0.444 e. The first-order valence-corrected chi connectivity index (χ1v) is 9.11. The van der Waals surface area contributed by atoms with Gasteiger partial charge in [-0.25, -0.2) is 4.79 Å². The molecule has 136 valence electrons. The lowest BCUT2D eigenvalue weighted by molar-refractivity contribution is -0.135. The summed E-state index contributed by atoms with van der Waals surface area (Å²) in [4.78, 5) is 27.1. The fourth-order valence-electron chi connectivity index (χ4n) is 4.11. The molecule has 0 radical (unpaired) electrons. The number of ketones is 1. The molecule has 3 fully saturated rings. The van der Waals surface area contributed by atoms with E-state index in [0.717, 1.165) is 32.1 Å². The molecule has 0 aromatic rings. The van der Waals surface area contributed by atoms with Crippen LogP contribution in [0.25, 0.3) is 0 Å². The number of hydrogen-bond acceptors (Lipinski definition) is 5. The molecule has 0 aromatic heterocycles. The molecule has 24 heavy (non-hydrogen) atoms. The van der Waals surface area contributed by atoms with Crippen molar-refractivity contribution < 1.29 is 23.8 Å². The molecule has 3 rings (SSSR count). The van der Waals surface area contributed by atoms with E-state index >= 15 is 0 Å². The summed E-state index contributed by atoms with van der Waals surface area (Å²) in [5, 5.41) is 0. The number of amides is 1. The molecule has 0 aromatic carbocycles. The first kappa shape index (κ1) is 17.7. The van der Waals surface area contributed by atoms with Gasteiger partial charge < -0.3 is 19.1 Å². The molecular formula is C18H29NO5. The van der Waals surface area contributed by atoms with Gasteiger partial charge in [0, 0.05) is 18.0 Å². The van der Waals surface area contributed by atoms with E-state index in [9.17, 15) is 9.59 Å². The zero-order valence-electron chi connectivity index (χ0n) is 15.0. The zero-order chi connectivity index (χ0) is 17.3. The highest BCUT2D eigenvalue weighted by atomic mass is 16.7. The van der Waals surface area contributed by atoms with Crippen molar-refractivity contribution in [2.24, 2.45) is 5.92 Å². The van der Waals surface area contributed by atoms with Crippen molar-refractivity contribution in [2.75, 3.05) is 13.2 Å². The Kier molecular flexibility index (Phi) is 5.16. The van der Waals surface area contributed by atoms with Crippen LogP contribution in [0.2, 0.25) is 0 Å². The first-order chi connectivity index (χ1) is 11.3. The second-order valence-electron chi connectivity index (χ2n) is 8.14. The van der Waals surface area contributed by atoms with Crippen molar-refractivity contribution in [2.45, 2.75) is 83.3 Å². The second-order valence-corrected chi connectivity index (χ2v) is 8.14. The van der Waals surface area contributed by atoms with Crippen LogP contribution in [0.5, 0.6) is 0 Å². The Bertz CT molecular complexity index is 466. The van der Waals surface area contributed by atoms with Crippen molar-refractivity contribution in [1.29, 1.82) is 0 Å². The Hall–Kier alpha value is -1.14.